The van der Waals surface area contributed by atoms with Gasteiger partial charge in [-0.3, -0.25) is 4.79 Å². The van der Waals surface area contributed by atoms with Gasteiger partial charge in [-0.2, -0.15) is 0 Å². The first-order chi connectivity index (χ1) is 9.22. The van der Waals surface area contributed by atoms with Crippen molar-refractivity contribution in [3.05, 3.63) is 25.3 Å². The number of unbranched alkanes of at least 4 members (excludes halogenated alkanes) is 1. The summed E-state index contributed by atoms with van der Waals surface area (Å²) < 4.78 is 0. The molecule has 0 spiro atoms. The molecule has 2 nitrogen and oxygen atoms in total. The maximum atomic E-state index is 12.4. The van der Waals surface area contributed by atoms with Crippen molar-refractivity contribution in [3.8, 4) is 0 Å². The molecule has 0 bridgehead atoms. The molecule has 108 valence electrons. The van der Waals surface area contributed by atoms with Crippen molar-refractivity contribution in [2.75, 3.05) is 13.1 Å². The Morgan fingerprint density at radius 1 is 1.16 bits per heavy atom. The average molecular weight is 263 g/mol. The minimum absolute atomic E-state index is 0.234. The minimum atomic E-state index is 0.234. The van der Waals surface area contributed by atoms with Crippen molar-refractivity contribution in [1.29, 1.82) is 0 Å². The lowest BCUT2D eigenvalue weighted by Crippen LogP contribution is -2.38. The standard InChI is InChI=1S/C17H29NO/c1-4-7-8-15-9-11-16(12-10-15)17(19)18(13-5-2)14-6-3/h5-6,15-16H,2-4,7-14H2,1H3. The topological polar surface area (TPSA) is 20.3 Å². The zero-order valence-electron chi connectivity index (χ0n) is 12.4. The smallest absolute Gasteiger partial charge is 0.226 e. The molecule has 1 fully saturated rings. The van der Waals surface area contributed by atoms with E-state index >= 15 is 0 Å². The van der Waals surface area contributed by atoms with Crippen LogP contribution in [-0.4, -0.2) is 23.9 Å². The van der Waals surface area contributed by atoms with E-state index in [4.69, 9.17) is 0 Å². The summed E-state index contributed by atoms with van der Waals surface area (Å²) in [5.74, 6) is 1.39. The monoisotopic (exact) mass is 263 g/mol. The number of carbonyl (C=O) groups excluding carboxylic acids is 1. The van der Waals surface area contributed by atoms with Gasteiger partial charge in [-0.25, -0.2) is 0 Å². The number of nitrogens with zero attached hydrogens (tertiary/aromatic N) is 1. The van der Waals surface area contributed by atoms with Crippen molar-refractivity contribution >= 4 is 5.91 Å². The summed E-state index contributed by atoms with van der Waals surface area (Å²) in [4.78, 5) is 14.3. The predicted octanol–water partition coefficient (Wildman–Crippen LogP) is 4.18. The molecule has 0 radical (unpaired) electrons. The predicted molar refractivity (Wildman–Crippen MR) is 81.9 cm³/mol. The Hall–Kier alpha value is -1.05. The number of amides is 1. The lowest BCUT2D eigenvalue weighted by Gasteiger charge is -2.31. The summed E-state index contributed by atoms with van der Waals surface area (Å²) in [5.41, 5.74) is 0. The molecular weight excluding hydrogens is 234 g/mol. The lowest BCUT2D eigenvalue weighted by atomic mass is 9.79. The number of rotatable bonds is 8. The fourth-order valence-corrected chi connectivity index (χ4v) is 3.02. The largest absolute Gasteiger partial charge is 0.335 e. The molecular formula is C17H29NO. The van der Waals surface area contributed by atoms with Gasteiger partial charge in [0.1, 0.15) is 0 Å². The summed E-state index contributed by atoms with van der Waals surface area (Å²) >= 11 is 0. The molecule has 19 heavy (non-hydrogen) atoms. The fourth-order valence-electron chi connectivity index (χ4n) is 3.02. The Balaban J connectivity index is 2.42. The highest BCUT2D eigenvalue weighted by Gasteiger charge is 2.28. The van der Waals surface area contributed by atoms with E-state index in [9.17, 15) is 4.79 Å². The van der Waals surface area contributed by atoms with Gasteiger partial charge < -0.3 is 4.90 Å². The van der Waals surface area contributed by atoms with E-state index in [1.807, 2.05) is 4.90 Å². The molecule has 1 saturated carbocycles. The second-order valence-corrected chi connectivity index (χ2v) is 5.68. The lowest BCUT2D eigenvalue weighted by molar-refractivity contribution is -0.135. The highest BCUT2D eigenvalue weighted by Crippen LogP contribution is 2.32. The van der Waals surface area contributed by atoms with Crippen LogP contribution in [0.2, 0.25) is 0 Å². The van der Waals surface area contributed by atoms with Crippen LogP contribution in [-0.2, 0) is 4.79 Å². The SMILES string of the molecule is C=CCN(CC=C)C(=O)C1CCC(CCCC)CC1. The van der Waals surface area contributed by atoms with Crippen LogP contribution in [0.25, 0.3) is 0 Å². The molecule has 2 heteroatoms. The molecule has 1 amide bonds. The molecule has 1 aliphatic rings. The number of carbonyl (C=O) groups is 1. The maximum absolute atomic E-state index is 12.4. The van der Waals surface area contributed by atoms with Crippen LogP contribution in [0, 0.1) is 11.8 Å². The Morgan fingerprint density at radius 3 is 2.21 bits per heavy atom. The summed E-state index contributed by atoms with van der Waals surface area (Å²) in [6.45, 7) is 11.0. The van der Waals surface area contributed by atoms with Crippen molar-refractivity contribution in [2.45, 2.75) is 51.9 Å². The average Bonchev–Trinajstić information content (AvgIpc) is 2.44. The van der Waals surface area contributed by atoms with Crippen LogP contribution < -0.4 is 0 Å². The first kappa shape index (κ1) is 16.0. The molecule has 1 rings (SSSR count). The van der Waals surface area contributed by atoms with E-state index in [1.54, 1.807) is 12.2 Å². The van der Waals surface area contributed by atoms with E-state index in [0.717, 1.165) is 18.8 Å². The van der Waals surface area contributed by atoms with E-state index in [-0.39, 0.29) is 5.92 Å². The van der Waals surface area contributed by atoms with Gasteiger partial charge in [0.05, 0.1) is 0 Å². The van der Waals surface area contributed by atoms with E-state index < -0.39 is 0 Å². The first-order valence-corrected chi connectivity index (χ1v) is 7.73. The Kier molecular flexibility index (Phi) is 7.54. The molecule has 0 aromatic rings. The molecule has 0 aromatic carbocycles. The van der Waals surface area contributed by atoms with Crippen molar-refractivity contribution in [2.24, 2.45) is 11.8 Å². The first-order valence-electron chi connectivity index (χ1n) is 7.73. The second-order valence-electron chi connectivity index (χ2n) is 5.68. The van der Waals surface area contributed by atoms with Crippen molar-refractivity contribution in [3.63, 3.8) is 0 Å². The van der Waals surface area contributed by atoms with Gasteiger partial charge in [-0.15, -0.1) is 13.2 Å². The Labute approximate surface area is 118 Å². The van der Waals surface area contributed by atoms with Crippen LogP contribution in [0.15, 0.2) is 25.3 Å². The van der Waals surface area contributed by atoms with Gasteiger partial charge in [0, 0.05) is 19.0 Å². The Morgan fingerprint density at radius 2 is 1.74 bits per heavy atom. The molecule has 0 saturated heterocycles. The molecule has 0 aliphatic heterocycles. The summed E-state index contributed by atoms with van der Waals surface area (Å²) in [6, 6.07) is 0. The van der Waals surface area contributed by atoms with Crippen molar-refractivity contribution in [1.82, 2.24) is 4.90 Å². The third-order valence-corrected chi connectivity index (χ3v) is 4.17. The number of hydrogen-bond acceptors (Lipinski definition) is 1. The van der Waals surface area contributed by atoms with E-state index in [0.29, 0.717) is 19.0 Å². The van der Waals surface area contributed by atoms with E-state index in [2.05, 4.69) is 20.1 Å². The fraction of sp³-hybridized carbons (Fsp3) is 0.706. The van der Waals surface area contributed by atoms with Gasteiger partial charge in [0.2, 0.25) is 5.91 Å². The molecule has 0 atom stereocenters. The van der Waals surface area contributed by atoms with Gasteiger partial charge in [0.25, 0.3) is 0 Å². The van der Waals surface area contributed by atoms with Gasteiger partial charge >= 0.3 is 0 Å². The molecule has 0 N–H and O–H groups in total. The van der Waals surface area contributed by atoms with Gasteiger partial charge in [-0.05, 0) is 31.6 Å². The maximum Gasteiger partial charge on any atom is 0.226 e. The van der Waals surface area contributed by atoms with Gasteiger partial charge in [0.15, 0.2) is 0 Å². The number of hydrogen-bond donors (Lipinski definition) is 0. The highest BCUT2D eigenvalue weighted by molar-refractivity contribution is 5.79. The van der Waals surface area contributed by atoms with Crippen molar-refractivity contribution < 1.29 is 4.79 Å². The van der Waals surface area contributed by atoms with Crippen LogP contribution in [0.5, 0.6) is 0 Å². The minimum Gasteiger partial charge on any atom is -0.335 e. The zero-order chi connectivity index (χ0) is 14.1. The van der Waals surface area contributed by atoms with E-state index in [1.165, 1.54) is 32.1 Å². The summed E-state index contributed by atoms with van der Waals surface area (Å²) in [6.07, 6.45) is 12.2. The zero-order valence-corrected chi connectivity index (χ0v) is 12.4. The normalized spacial score (nSPS) is 22.8. The van der Waals surface area contributed by atoms with Crippen LogP contribution in [0.3, 0.4) is 0 Å². The second kappa shape index (κ2) is 8.95. The molecule has 0 heterocycles. The Bertz CT molecular complexity index is 280. The molecule has 0 aromatic heterocycles. The van der Waals surface area contributed by atoms with Crippen LogP contribution in [0.4, 0.5) is 0 Å². The highest BCUT2D eigenvalue weighted by atomic mass is 16.2. The summed E-state index contributed by atoms with van der Waals surface area (Å²) in [5, 5.41) is 0. The molecule has 1 aliphatic carbocycles. The third-order valence-electron chi connectivity index (χ3n) is 4.17. The third kappa shape index (κ3) is 5.22. The van der Waals surface area contributed by atoms with Crippen LogP contribution in [0.1, 0.15) is 51.9 Å². The van der Waals surface area contributed by atoms with Crippen LogP contribution >= 0.6 is 0 Å². The molecule has 0 unspecified atom stereocenters. The quantitative estimate of drug-likeness (QED) is 0.601. The van der Waals surface area contributed by atoms with Gasteiger partial charge in [-0.1, -0.05) is 38.3 Å². The summed E-state index contributed by atoms with van der Waals surface area (Å²) in [7, 11) is 0.